The molecule has 1 aliphatic rings. The minimum absolute atomic E-state index is 0.343. The summed E-state index contributed by atoms with van der Waals surface area (Å²) in [6.07, 6.45) is 5.24. The minimum atomic E-state index is -0.564. The highest BCUT2D eigenvalue weighted by Gasteiger charge is 2.36. The van der Waals surface area contributed by atoms with Crippen molar-refractivity contribution in [3.63, 3.8) is 0 Å². The summed E-state index contributed by atoms with van der Waals surface area (Å²) < 4.78 is 16.5. The number of para-hydroxylation sites is 1. The Morgan fingerprint density at radius 1 is 1.12 bits per heavy atom. The van der Waals surface area contributed by atoms with Crippen molar-refractivity contribution in [1.29, 1.82) is 0 Å². The summed E-state index contributed by atoms with van der Waals surface area (Å²) >= 11 is 0. The predicted molar refractivity (Wildman–Crippen MR) is 97.0 cm³/mol. The highest BCUT2D eigenvalue weighted by molar-refractivity contribution is 5.88. The number of fused-ring (bicyclic) bond motifs is 1. The molecule has 1 atom stereocenters. The fraction of sp³-hybridized carbons (Fsp3) is 0.143. The third-order valence-electron chi connectivity index (χ3n) is 4.11. The Labute approximate surface area is 150 Å². The van der Waals surface area contributed by atoms with Crippen molar-refractivity contribution in [2.75, 3.05) is 6.61 Å². The van der Waals surface area contributed by atoms with E-state index in [1.807, 2.05) is 55.5 Å². The molecule has 5 heteroatoms. The van der Waals surface area contributed by atoms with Crippen molar-refractivity contribution in [3.05, 3.63) is 77.5 Å². The topological polar surface area (TPSA) is 61.6 Å². The standard InChI is InChI=1S/C21H17NO4/c1-2-24-15-10-7-14(8-11-15)9-12-19-22-13-18(25-19)20-16-5-3-4-6-17(16)26-21(20)23/h3-13,20H,2H2,1H3/b12-9+. The molecule has 1 unspecified atom stereocenters. The summed E-state index contributed by atoms with van der Waals surface area (Å²) in [5.41, 5.74) is 1.80. The highest BCUT2D eigenvalue weighted by Crippen LogP contribution is 2.39. The van der Waals surface area contributed by atoms with Gasteiger partial charge in [0.2, 0.25) is 5.89 Å². The van der Waals surface area contributed by atoms with E-state index in [1.54, 1.807) is 18.3 Å². The summed E-state index contributed by atoms with van der Waals surface area (Å²) in [4.78, 5) is 16.4. The molecule has 0 fully saturated rings. The van der Waals surface area contributed by atoms with Crippen LogP contribution in [0.3, 0.4) is 0 Å². The number of carbonyl (C=O) groups excluding carboxylic acids is 1. The summed E-state index contributed by atoms with van der Waals surface area (Å²) in [5.74, 6) is 1.42. The molecule has 0 radical (unpaired) electrons. The van der Waals surface area contributed by atoms with Crippen molar-refractivity contribution < 1.29 is 18.7 Å². The van der Waals surface area contributed by atoms with Gasteiger partial charge in [-0.3, -0.25) is 4.79 Å². The van der Waals surface area contributed by atoms with Crippen molar-refractivity contribution in [1.82, 2.24) is 4.98 Å². The van der Waals surface area contributed by atoms with Crippen LogP contribution in [0.1, 0.15) is 35.6 Å². The van der Waals surface area contributed by atoms with Crippen LogP contribution >= 0.6 is 0 Å². The lowest BCUT2D eigenvalue weighted by atomic mass is 9.99. The SMILES string of the molecule is CCOc1ccc(/C=C/c2ncc(C3C(=O)Oc4ccccc43)o2)cc1. The van der Waals surface area contributed by atoms with E-state index < -0.39 is 5.92 Å². The number of hydrogen-bond donors (Lipinski definition) is 0. The molecule has 3 aromatic rings. The Morgan fingerprint density at radius 3 is 2.73 bits per heavy atom. The first kappa shape index (κ1) is 16.1. The summed E-state index contributed by atoms with van der Waals surface area (Å²) in [6.45, 7) is 2.59. The molecular formula is C21H17NO4. The van der Waals surface area contributed by atoms with Gasteiger partial charge in [0.15, 0.2) is 0 Å². The molecule has 2 aromatic carbocycles. The molecular weight excluding hydrogens is 330 g/mol. The van der Waals surface area contributed by atoms with Gasteiger partial charge in [0.25, 0.3) is 0 Å². The van der Waals surface area contributed by atoms with Crippen LogP contribution in [0.25, 0.3) is 12.2 Å². The second-order valence-electron chi connectivity index (χ2n) is 5.83. The second kappa shape index (κ2) is 6.88. The van der Waals surface area contributed by atoms with Gasteiger partial charge in [0.05, 0.1) is 12.8 Å². The number of nitrogens with zero attached hydrogens (tertiary/aromatic N) is 1. The van der Waals surface area contributed by atoms with E-state index in [0.29, 0.717) is 24.0 Å². The number of rotatable bonds is 5. The molecule has 0 saturated carbocycles. The fourth-order valence-corrected chi connectivity index (χ4v) is 2.90. The zero-order valence-corrected chi connectivity index (χ0v) is 14.2. The summed E-state index contributed by atoms with van der Waals surface area (Å²) in [6, 6.07) is 15.1. The number of hydrogen-bond acceptors (Lipinski definition) is 5. The van der Waals surface area contributed by atoms with Crippen molar-refractivity contribution in [2.45, 2.75) is 12.8 Å². The van der Waals surface area contributed by atoms with Crippen molar-refractivity contribution >= 4 is 18.1 Å². The number of benzene rings is 2. The molecule has 2 heterocycles. The minimum Gasteiger partial charge on any atom is -0.494 e. The Bertz CT molecular complexity index is 956. The number of aromatic nitrogens is 1. The molecule has 0 spiro atoms. The van der Waals surface area contributed by atoms with Gasteiger partial charge in [-0.2, -0.15) is 0 Å². The molecule has 0 aliphatic carbocycles. The molecule has 130 valence electrons. The lowest BCUT2D eigenvalue weighted by Gasteiger charge is -2.02. The van der Waals surface area contributed by atoms with E-state index >= 15 is 0 Å². The summed E-state index contributed by atoms with van der Waals surface area (Å²) in [5, 5.41) is 0. The van der Waals surface area contributed by atoms with E-state index in [0.717, 1.165) is 16.9 Å². The van der Waals surface area contributed by atoms with Gasteiger partial charge in [-0.05, 0) is 36.8 Å². The normalized spacial score (nSPS) is 15.9. The maximum Gasteiger partial charge on any atom is 0.326 e. The van der Waals surface area contributed by atoms with Crippen molar-refractivity contribution in [3.8, 4) is 11.5 Å². The monoisotopic (exact) mass is 347 g/mol. The first-order chi connectivity index (χ1) is 12.7. The van der Waals surface area contributed by atoms with Gasteiger partial charge in [-0.25, -0.2) is 4.98 Å². The van der Waals surface area contributed by atoms with Gasteiger partial charge in [-0.15, -0.1) is 0 Å². The van der Waals surface area contributed by atoms with Crippen LogP contribution in [0.5, 0.6) is 11.5 Å². The van der Waals surface area contributed by atoms with E-state index in [9.17, 15) is 4.79 Å². The van der Waals surface area contributed by atoms with Crippen LogP contribution in [0, 0.1) is 0 Å². The smallest absolute Gasteiger partial charge is 0.326 e. The number of carbonyl (C=O) groups is 1. The van der Waals surface area contributed by atoms with Crippen LogP contribution < -0.4 is 9.47 Å². The molecule has 4 rings (SSSR count). The Morgan fingerprint density at radius 2 is 1.92 bits per heavy atom. The molecule has 1 aromatic heterocycles. The van der Waals surface area contributed by atoms with E-state index in [1.165, 1.54) is 0 Å². The summed E-state index contributed by atoms with van der Waals surface area (Å²) in [7, 11) is 0. The van der Waals surface area contributed by atoms with Crippen LogP contribution in [0.2, 0.25) is 0 Å². The largest absolute Gasteiger partial charge is 0.494 e. The van der Waals surface area contributed by atoms with E-state index in [-0.39, 0.29) is 5.97 Å². The van der Waals surface area contributed by atoms with Crippen LogP contribution in [-0.4, -0.2) is 17.6 Å². The quantitative estimate of drug-likeness (QED) is 0.509. The Kier molecular flexibility index (Phi) is 4.27. The Balaban J connectivity index is 1.52. The third kappa shape index (κ3) is 3.11. The second-order valence-corrected chi connectivity index (χ2v) is 5.83. The number of esters is 1. The van der Waals surface area contributed by atoms with Gasteiger partial charge in [0.1, 0.15) is 23.2 Å². The van der Waals surface area contributed by atoms with E-state index in [4.69, 9.17) is 13.9 Å². The third-order valence-corrected chi connectivity index (χ3v) is 4.11. The zero-order valence-electron chi connectivity index (χ0n) is 14.2. The fourth-order valence-electron chi connectivity index (χ4n) is 2.90. The number of ether oxygens (including phenoxy) is 2. The van der Waals surface area contributed by atoms with Gasteiger partial charge in [0, 0.05) is 11.6 Å². The van der Waals surface area contributed by atoms with Gasteiger partial charge >= 0.3 is 5.97 Å². The molecule has 26 heavy (non-hydrogen) atoms. The number of oxazole rings is 1. The average molecular weight is 347 g/mol. The van der Waals surface area contributed by atoms with Crippen LogP contribution in [0.15, 0.2) is 59.1 Å². The van der Waals surface area contributed by atoms with Gasteiger partial charge < -0.3 is 13.9 Å². The molecule has 0 bridgehead atoms. The van der Waals surface area contributed by atoms with Gasteiger partial charge in [-0.1, -0.05) is 30.3 Å². The lowest BCUT2D eigenvalue weighted by molar-refractivity contribution is -0.133. The molecule has 0 N–H and O–H groups in total. The predicted octanol–water partition coefficient (Wildman–Crippen LogP) is 4.29. The maximum absolute atomic E-state index is 12.2. The first-order valence-electron chi connectivity index (χ1n) is 8.42. The molecule has 0 saturated heterocycles. The molecule has 5 nitrogen and oxygen atoms in total. The molecule has 1 aliphatic heterocycles. The highest BCUT2D eigenvalue weighted by atomic mass is 16.5. The zero-order chi connectivity index (χ0) is 17.9. The first-order valence-corrected chi connectivity index (χ1v) is 8.42. The van der Waals surface area contributed by atoms with E-state index in [2.05, 4.69) is 4.98 Å². The molecule has 0 amide bonds. The van der Waals surface area contributed by atoms with Crippen molar-refractivity contribution in [2.24, 2.45) is 0 Å². The van der Waals surface area contributed by atoms with Crippen LogP contribution in [0.4, 0.5) is 0 Å². The average Bonchev–Trinajstić information content (AvgIpc) is 3.24. The maximum atomic E-state index is 12.2. The lowest BCUT2D eigenvalue weighted by Crippen LogP contribution is -2.10. The Hall–Kier alpha value is -3.34. The van der Waals surface area contributed by atoms with Crippen LogP contribution in [-0.2, 0) is 4.79 Å².